The summed E-state index contributed by atoms with van der Waals surface area (Å²) < 4.78 is 0. The van der Waals surface area contributed by atoms with E-state index in [1.54, 1.807) is 13.8 Å². The fraction of sp³-hybridized carbons (Fsp3) is 0.348. The van der Waals surface area contributed by atoms with Gasteiger partial charge in [0.25, 0.3) is 5.91 Å². The number of hydrogen-bond donors (Lipinski definition) is 2. The van der Waals surface area contributed by atoms with Crippen LogP contribution in [-0.2, 0) is 16.0 Å². The highest BCUT2D eigenvalue weighted by molar-refractivity contribution is 6.07. The van der Waals surface area contributed by atoms with Crippen LogP contribution in [0.1, 0.15) is 25.8 Å². The molecule has 2 aromatic carbocycles. The van der Waals surface area contributed by atoms with Crippen molar-refractivity contribution >= 4 is 17.7 Å². The van der Waals surface area contributed by atoms with Gasteiger partial charge >= 0.3 is 6.03 Å². The summed E-state index contributed by atoms with van der Waals surface area (Å²) in [5, 5.41) is 11.9. The first kappa shape index (κ1) is 20.7. The molecule has 2 aromatic rings. The van der Waals surface area contributed by atoms with E-state index in [1.165, 1.54) is 0 Å². The third kappa shape index (κ3) is 4.54. The maximum absolute atomic E-state index is 12.8. The van der Waals surface area contributed by atoms with Crippen LogP contribution in [-0.4, -0.2) is 46.4 Å². The lowest BCUT2D eigenvalue weighted by molar-refractivity contribution is -0.137. The van der Waals surface area contributed by atoms with Gasteiger partial charge in [0.1, 0.15) is 18.7 Å². The van der Waals surface area contributed by atoms with Crippen LogP contribution < -0.4 is 5.32 Å². The van der Waals surface area contributed by atoms with Gasteiger partial charge in [-0.25, -0.2) is 4.79 Å². The Labute approximate surface area is 170 Å². The summed E-state index contributed by atoms with van der Waals surface area (Å²) in [4.78, 5) is 38.1. The average molecular weight is 394 g/mol. The zero-order valence-corrected chi connectivity index (χ0v) is 16.7. The number of carbonyl (C=O) groups is 3. The van der Waals surface area contributed by atoms with Crippen molar-refractivity contribution < 1.29 is 19.5 Å². The number of aryl methyl sites for hydroxylation is 1. The summed E-state index contributed by atoms with van der Waals surface area (Å²) in [5.74, 6) is -1.20. The van der Waals surface area contributed by atoms with E-state index in [2.05, 4.69) is 17.4 Å². The quantitative estimate of drug-likeness (QED) is 0.674. The summed E-state index contributed by atoms with van der Waals surface area (Å²) in [6, 6.07) is 16.0. The number of imide groups is 1. The standard InChI is InChI=1S/C23H26N2O4/c1-15(2)21(20(27)14-26)25-22(28)19(24-23(25)29)13-10-16-8-11-18(12-9-16)17-6-4-3-5-7-17/h3-9,11-12,15,19,21,26H,10,13-14H2,1-2H3,(H,24,29)/t19-,21+/m0/s1. The van der Waals surface area contributed by atoms with Gasteiger partial charge in [-0.3, -0.25) is 14.5 Å². The number of carbonyl (C=O) groups excluding carboxylic acids is 3. The fourth-order valence-corrected chi connectivity index (χ4v) is 3.72. The Kier molecular flexibility index (Phi) is 6.44. The number of rotatable bonds is 8. The summed E-state index contributed by atoms with van der Waals surface area (Å²) in [6.07, 6.45) is 1.07. The van der Waals surface area contributed by atoms with Crippen LogP contribution in [0.15, 0.2) is 54.6 Å². The predicted molar refractivity (Wildman–Crippen MR) is 110 cm³/mol. The molecule has 0 bridgehead atoms. The summed E-state index contributed by atoms with van der Waals surface area (Å²) >= 11 is 0. The minimum Gasteiger partial charge on any atom is -0.388 e. The number of benzene rings is 2. The van der Waals surface area contributed by atoms with E-state index >= 15 is 0 Å². The highest BCUT2D eigenvalue weighted by Crippen LogP contribution is 2.22. The van der Waals surface area contributed by atoms with Crippen molar-refractivity contribution in [1.29, 1.82) is 0 Å². The van der Waals surface area contributed by atoms with Crippen molar-refractivity contribution in [3.05, 3.63) is 60.2 Å². The first-order valence-corrected chi connectivity index (χ1v) is 9.84. The van der Waals surface area contributed by atoms with Crippen molar-refractivity contribution in [3.8, 4) is 11.1 Å². The van der Waals surface area contributed by atoms with Crippen LogP contribution in [0.2, 0.25) is 0 Å². The van der Waals surface area contributed by atoms with E-state index in [1.807, 2.05) is 42.5 Å². The molecule has 152 valence electrons. The summed E-state index contributed by atoms with van der Waals surface area (Å²) in [7, 11) is 0. The van der Waals surface area contributed by atoms with Crippen LogP contribution in [0.4, 0.5) is 4.79 Å². The van der Waals surface area contributed by atoms with Gasteiger partial charge in [0, 0.05) is 0 Å². The zero-order chi connectivity index (χ0) is 21.0. The van der Waals surface area contributed by atoms with Crippen molar-refractivity contribution in [2.24, 2.45) is 5.92 Å². The highest BCUT2D eigenvalue weighted by Gasteiger charge is 2.44. The molecule has 3 rings (SSSR count). The molecule has 1 heterocycles. The number of hydrogen-bond acceptors (Lipinski definition) is 4. The molecule has 0 aliphatic carbocycles. The Bertz CT molecular complexity index is 878. The molecule has 29 heavy (non-hydrogen) atoms. The maximum atomic E-state index is 12.8. The molecule has 2 N–H and O–H groups in total. The summed E-state index contributed by atoms with van der Waals surface area (Å²) in [6.45, 7) is 2.80. The van der Waals surface area contributed by atoms with E-state index < -0.39 is 36.4 Å². The largest absolute Gasteiger partial charge is 0.388 e. The monoisotopic (exact) mass is 394 g/mol. The molecule has 2 atom stereocenters. The Morgan fingerprint density at radius 1 is 1.03 bits per heavy atom. The maximum Gasteiger partial charge on any atom is 0.325 e. The van der Waals surface area contributed by atoms with Gasteiger partial charge < -0.3 is 10.4 Å². The molecule has 0 radical (unpaired) electrons. The molecule has 0 saturated carbocycles. The van der Waals surface area contributed by atoms with E-state index in [0.717, 1.165) is 21.6 Å². The molecule has 0 aromatic heterocycles. The Morgan fingerprint density at radius 2 is 1.66 bits per heavy atom. The van der Waals surface area contributed by atoms with E-state index in [-0.39, 0.29) is 5.92 Å². The molecule has 1 aliphatic heterocycles. The topological polar surface area (TPSA) is 86.7 Å². The number of aliphatic hydroxyl groups is 1. The van der Waals surface area contributed by atoms with Gasteiger partial charge in [-0.05, 0) is 35.4 Å². The lowest BCUT2D eigenvalue weighted by atomic mass is 9.97. The third-order valence-corrected chi connectivity index (χ3v) is 5.23. The van der Waals surface area contributed by atoms with Crippen molar-refractivity contribution in [2.45, 2.75) is 38.8 Å². The summed E-state index contributed by atoms with van der Waals surface area (Å²) in [5.41, 5.74) is 3.33. The molecule has 0 unspecified atom stereocenters. The van der Waals surface area contributed by atoms with E-state index in [9.17, 15) is 19.5 Å². The number of amides is 3. The first-order chi connectivity index (χ1) is 13.9. The molecule has 3 amide bonds. The Hall–Kier alpha value is -2.99. The lowest BCUT2D eigenvalue weighted by Gasteiger charge is -2.26. The Balaban J connectivity index is 1.65. The number of nitrogens with one attached hydrogen (secondary N) is 1. The number of Topliss-reactive ketones (excluding diaryl/α,β-unsaturated/α-hetero) is 1. The predicted octanol–water partition coefficient (Wildman–Crippen LogP) is 2.79. The minimum atomic E-state index is -0.942. The van der Waals surface area contributed by atoms with Crippen molar-refractivity contribution in [1.82, 2.24) is 10.2 Å². The number of aliphatic hydroxyl groups excluding tert-OH is 1. The SMILES string of the molecule is CC(C)[C@H](C(=O)CO)N1C(=O)N[C@@H](CCc2ccc(-c3ccccc3)cc2)C1=O. The molecule has 1 aliphatic rings. The van der Waals surface area contributed by atoms with Gasteiger partial charge in [0.2, 0.25) is 0 Å². The van der Waals surface area contributed by atoms with Crippen LogP contribution in [0.3, 0.4) is 0 Å². The molecule has 1 fully saturated rings. The molecular weight excluding hydrogens is 368 g/mol. The second-order valence-electron chi connectivity index (χ2n) is 7.63. The van der Waals surface area contributed by atoms with E-state index in [4.69, 9.17) is 0 Å². The zero-order valence-electron chi connectivity index (χ0n) is 16.7. The Morgan fingerprint density at radius 3 is 2.24 bits per heavy atom. The fourth-order valence-electron chi connectivity index (χ4n) is 3.72. The first-order valence-electron chi connectivity index (χ1n) is 9.84. The molecule has 1 saturated heterocycles. The number of nitrogens with zero attached hydrogens (tertiary/aromatic N) is 1. The van der Waals surface area contributed by atoms with Crippen molar-refractivity contribution in [2.75, 3.05) is 6.61 Å². The van der Waals surface area contributed by atoms with Gasteiger partial charge in [0.05, 0.1) is 0 Å². The van der Waals surface area contributed by atoms with Crippen LogP contribution >= 0.6 is 0 Å². The normalized spacial score (nSPS) is 17.5. The second-order valence-corrected chi connectivity index (χ2v) is 7.63. The lowest BCUT2D eigenvalue weighted by Crippen LogP contribution is -2.49. The smallest absolute Gasteiger partial charge is 0.325 e. The molecule has 6 nitrogen and oxygen atoms in total. The molecule has 0 spiro atoms. The number of ketones is 1. The van der Waals surface area contributed by atoms with Gasteiger partial charge in [-0.1, -0.05) is 68.4 Å². The van der Waals surface area contributed by atoms with Gasteiger partial charge in [-0.2, -0.15) is 0 Å². The second kappa shape index (κ2) is 9.01. The van der Waals surface area contributed by atoms with Crippen LogP contribution in [0.5, 0.6) is 0 Å². The van der Waals surface area contributed by atoms with Crippen LogP contribution in [0.25, 0.3) is 11.1 Å². The van der Waals surface area contributed by atoms with E-state index in [0.29, 0.717) is 12.8 Å². The molecular formula is C23H26N2O4. The average Bonchev–Trinajstić information content (AvgIpc) is 3.01. The van der Waals surface area contributed by atoms with Gasteiger partial charge in [0.15, 0.2) is 5.78 Å². The highest BCUT2D eigenvalue weighted by atomic mass is 16.3. The van der Waals surface area contributed by atoms with Crippen LogP contribution in [0, 0.1) is 5.92 Å². The minimum absolute atomic E-state index is 0.270. The van der Waals surface area contributed by atoms with Crippen molar-refractivity contribution in [3.63, 3.8) is 0 Å². The third-order valence-electron chi connectivity index (χ3n) is 5.23. The van der Waals surface area contributed by atoms with Gasteiger partial charge in [-0.15, -0.1) is 0 Å². The number of urea groups is 1. The molecule has 6 heteroatoms.